The first-order chi connectivity index (χ1) is 10.1. The van der Waals surface area contributed by atoms with Crippen molar-refractivity contribution in [2.75, 3.05) is 6.54 Å². The molecule has 0 aliphatic carbocycles. The third kappa shape index (κ3) is 4.02. The largest absolute Gasteiger partial charge is 0.455 e. The Morgan fingerprint density at radius 2 is 2.10 bits per heavy atom. The second-order valence-corrected chi connectivity index (χ2v) is 5.06. The van der Waals surface area contributed by atoms with Crippen molar-refractivity contribution in [2.45, 2.75) is 33.2 Å². The van der Waals surface area contributed by atoms with E-state index in [9.17, 15) is 4.39 Å². The fourth-order valence-electron chi connectivity index (χ4n) is 2.13. The van der Waals surface area contributed by atoms with Gasteiger partial charge in [0.05, 0.1) is 6.20 Å². The Hall–Kier alpha value is -1.94. The molecule has 1 aromatic heterocycles. The highest BCUT2D eigenvalue weighted by molar-refractivity contribution is 5.40. The SMILES string of the molecule is CCCNC(C)c1c(F)cccc1Oc1ccc(C)nc1. The summed E-state index contributed by atoms with van der Waals surface area (Å²) in [5, 5.41) is 3.29. The van der Waals surface area contributed by atoms with Crippen LogP contribution in [0.2, 0.25) is 0 Å². The highest BCUT2D eigenvalue weighted by Gasteiger charge is 2.16. The summed E-state index contributed by atoms with van der Waals surface area (Å²) >= 11 is 0. The molecule has 0 bridgehead atoms. The van der Waals surface area contributed by atoms with E-state index in [1.807, 2.05) is 26.0 Å². The van der Waals surface area contributed by atoms with E-state index >= 15 is 0 Å². The van der Waals surface area contributed by atoms with Crippen LogP contribution >= 0.6 is 0 Å². The first-order valence-electron chi connectivity index (χ1n) is 7.24. The van der Waals surface area contributed by atoms with Gasteiger partial charge in [-0.3, -0.25) is 4.98 Å². The van der Waals surface area contributed by atoms with Gasteiger partial charge in [-0.25, -0.2) is 4.39 Å². The zero-order valence-electron chi connectivity index (χ0n) is 12.7. The van der Waals surface area contributed by atoms with Gasteiger partial charge in [0.15, 0.2) is 0 Å². The van der Waals surface area contributed by atoms with Gasteiger partial charge in [0, 0.05) is 17.3 Å². The summed E-state index contributed by atoms with van der Waals surface area (Å²) in [4.78, 5) is 4.19. The average molecular weight is 288 g/mol. The molecule has 0 fully saturated rings. The van der Waals surface area contributed by atoms with Crippen molar-refractivity contribution >= 4 is 0 Å². The third-order valence-corrected chi connectivity index (χ3v) is 3.26. The predicted molar refractivity (Wildman–Crippen MR) is 82.2 cm³/mol. The molecule has 1 heterocycles. The van der Waals surface area contributed by atoms with Crippen molar-refractivity contribution in [3.63, 3.8) is 0 Å². The van der Waals surface area contributed by atoms with Crippen molar-refractivity contribution in [2.24, 2.45) is 0 Å². The molecule has 2 rings (SSSR count). The fourth-order valence-corrected chi connectivity index (χ4v) is 2.13. The number of nitrogens with zero attached hydrogens (tertiary/aromatic N) is 1. The second kappa shape index (κ2) is 7.18. The van der Waals surface area contributed by atoms with E-state index in [-0.39, 0.29) is 11.9 Å². The summed E-state index contributed by atoms with van der Waals surface area (Å²) in [6.07, 6.45) is 2.64. The number of benzene rings is 1. The van der Waals surface area contributed by atoms with Crippen LogP contribution in [0.5, 0.6) is 11.5 Å². The summed E-state index contributed by atoms with van der Waals surface area (Å²) in [7, 11) is 0. The zero-order chi connectivity index (χ0) is 15.2. The lowest BCUT2D eigenvalue weighted by atomic mass is 10.1. The van der Waals surface area contributed by atoms with Crippen molar-refractivity contribution in [3.8, 4) is 11.5 Å². The molecule has 0 amide bonds. The van der Waals surface area contributed by atoms with Crippen LogP contribution in [-0.4, -0.2) is 11.5 Å². The smallest absolute Gasteiger partial charge is 0.145 e. The Kier molecular flexibility index (Phi) is 5.28. The minimum Gasteiger partial charge on any atom is -0.455 e. The number of halogens is 1. The predicted octanol–water partition coefficient (Wildman–Crippen LogP) is 4.38. The molecule has 3 nitrogen and oxygen atoms in total. The first-order valence-corrected chi connectivity index (χ1v) is 7.24. The highest BCUT2D eigenvalue weighted by atomic mass is 19.1. The number of pyridine rings is 1. The van der Waals surface area contributed by atoms with Gasteiger partial charge in [0.1, 0.15) is 17.3 Å². The van der Waals surface area contributed by atoms with E-state index in [1.165, 1.54) is 6.07 Å². The van der Waals surface area contributed by atoms with Crippen LogP contribution in [0.15, 0.2) is 36.5 Å². The van der Waals surface area contributed by atoms with Crippen LogP contribution in [0.3, 0.4) is 0 Å². The zero-order valence-corrected chi connectivity index (χ0v) is 12.7. The van der Waals surface area contributed by atoms with Gasteiger partial charge in [-0.05, 0) is 51.1 Å². The minimum absolute atomic E-state index is 0.112. The minimum atomic E-state index is -0.260. The van der Waals surface area contributed by atoms with Gasteiger partial charge in [-0.2, -0.15) is 0 Å². The molecule has 0 saturated heterocycles. The van der Waals surface area contributed by atoms with Gasteiger partial charge < -0.3 is 10.1 Å². The number of aryl methyl sites for hydroxylation is 1. The van der Waals surface area contributed by atoms with Gasteiger partial charge in [-0.15, -0.1) is 0 Å². The van der Waals surface area contributed by atoms with E-state index in [1.54, 1.807) is 18.3 Å². The van der Waals surface area contributed by atoms with Crippen LogP contribution < -0.4 is 10.1 Å². The van der Waals surface area contributed by atoms with E-state index in [2.05, 4.69) is 17.2 Å². The molecular formula is C17H21FN2O. The number of aromatic nitrogens is 1. The Bertz CT molecular complexity index is 584. The molecule has 0 aliphatic rings. The summed E-state index contributed by atoms with van der Waals surface area (Å²) in [5.74, 6) is 0.871. The van der Waals surface area contributed by atoms with Gasteiger partial charge in [-0.1, -0.05) is 13.0 Å². The molecule has 4 heteroatoms. The van der Waals surface area contributed by atoms with Crippen LogP contribution in [0.1, 0.15) is 37.6 Å². The maximum Gasteiger partial charge on any atom is 0.145 e. The summed E-state index contributed by atoms with van der Waals surface area (Å²) in [6.45, 7) is 6.76. The quantitative estimate of drug-likeness (QED) is 0.856. The molecule has 0 saturated carbocycles. The van der Waals surface area contributed by atoms with Gasteiger partial charge >= 0.3 is 0 Å². The fraction of sp³-hybridized carbons (Fsp3) is 0.353. The van der Waals surface area contributed by atoms with Crippen molar-refractivity contribution in [1.82, 2.24) is 10.3 Å². The monoisotopic (exact) mass is 288 g/mol. The molecule has 1 atom stereocenters. The normalized spacial score (nSPS) is 12.2. The summed E-state index contributed by atoms with van der Waals surface area (Å²) < 4.78 is 20.0. The Labute approximate surface area is 125 Å². The van der Waals surface area contributed by atoms with Gasteiger partial charge in [0.2, 0.25) is 0 Å². The molecule has 0 radical (unpaired) electrons. The van der Waals surface area contributed by atoms with Gasteiger partial charge in [0.25, 0.3) is 0 Å². The molecule has 0 spiro atoms. The van der Waals surface area contributed by atoms with E-state index in [0.29, 0.717) is 17.1 Å². The van der Waals surface area contributed by atoms with E-state index in [0.717, 1.165) is 18.7 Å². The molecule has 2 aromatic rings. The van der Waals surface area contributed by atoms with Crippen molar-refractivity contribution in [3.05, 3.63) is 53.6 Å². The summed E-state index contributed by atoms with van der Waals surface area (Å²) in [5.41, 5.74) is 1.46. The maximum absolute atomic E-state index is 14.2. The first kappa shape index (κ1) is 15.4. The summed E-state index contributed by atoms with van der Waals surface area (Å²) in [6, 6.07) is 8.48. The third-order valence-electron chi connectivity index (χ3n) is 3.26. The number of hydrogen-bond donors (Lipinski definition) is 1. The lowest BCUT2D eigenvalue weighted by Crippen LogP contribution is -2.20. The average Bonchev–Trinajstić information content (AvgIpc) is 2.47. The van der Waals surface area contributed by atoms with Crippen LogP contribution in [-0.2, 0) is 0 Å². The lowest BCUT2D eigenvalue weighted by Gasteiger charge is -2.18. The van der Waals surface area contributed by atoms with Crippen LogP contribution in [0.25, 0.3) is 0 Å². The Morgan fingerprint density at radius 3 is 2.76 bits per heavy atom. The number of nitrogens with one attached hydrogen (secondary N) is 1. The molecule has 1 unspecified atom stereocenters. The molecule has 1 aromatic carbocycles. The molecule has 112 valence electrons. The standard InChI is InChI=1S/C17H21FN2O/c1-4-10-19-13(3)17-15(18)6-5-7-16(17)21-14-9-8-12(2)20-11-14/h5-9,11,13,19H,4,10H2,1-3H3. The maximum atomic E-state index is 14.2. The molecule has 21 heavy (non-hydrogen) atoms. The van der Waals surface area contributed by atoms with Crippen molar-refractivity contribution < 1.29 is 9.13 Å². The number of hydrogen-bond acceptors (Lipinski definition) is 3. The number of rotatable bonds is 6. The van der Waals surface area contributed by atoms with Crippen molar-refractivity contribution in [1.29, 1.82) is 0 Å². The Morgan fingerprint density at radius 1 is 1.29 bits per heavy atom. The molecule has 0 aliphatic heterocycles. The van der Waals surface area contributed by atoms with Crippen LogP contribution in [0.4, 0.5) is 4.39 Å². The highest BCUT2D eigenvalue weighted by Crippen LogP contribution is 2.31. The Balaban J connectivity index is 2.26. The molecule has 1 N–H and O–H groups in total. The second-order valence-electron chi connectivity index (χ2n) is 5.06. The van der Waals surface area contributed by atoms with E-state index in [4.69, 9.17) is 4.74 Å². The number of ether oxygens (including phenoxy) is 1. The molecular weight excluding hydrogens is 267 g/mol. The topological polar surface area (TPSA) is 34.1 Å². The van der Waals surface area contributed by atoms with Crippen LogP contribution in [0, 0.1) is 12.7 Å². The lowest BCUT2D eigenvalue weighted by molar-refractivity contribution is 0.444. The van der Waals surface area contributed by atoms with E-state index < -0.39 is 0 Å².